The second-order valence-corrected chi connectivity index (χ2v) is 6.30. The summed E-state index contributed by atoms with van der Waals surface area (Å²) in [7, 11) is 0. The topological polar surface area (TPSA) is 32.3 Å². The fourth-order valence-electron chi connectivity index (χ4n) is 3.32. The lowest BCUT2D eigenvalue weighted by Gasteiger charge is -2.33. The largest absolute Gasteiger partial charge is 0.317 e. The zero-order chi connectivity index (χ0) is 13.6. The van der Waals surface area contributed by atoms with Gasteiger partial charge < -0.3 is 10.2 Å². The number of carbonyl (C=O) groups is 1. The first kappa shape index (κ1) is 12.7. The minimum absolute atomic E-state index is 0.264. The van der Waals surface area contributed by atoms with Gasteiger partial charge in [-0.15, -0.1) is 0 Å². The third-order valence-electron chi connectivity index (χ3n) is 4.51. The third-order valence-corrected chi connectivity index (χ3v) is 4.51. The Morgan fingerprint density at radius 3 is 2.63 bits per heavy atom. The minimum atomic E-state index is -0.381. The number of carbonyl (C=O) groups excluding carboxylic acids is 1. The van der Waals surface area contributed by atoms with Crippen LogP contribution in [0.25, 0.3) is 0 Å². The molecule has 19 heavy (non-hydrogen) atoms. The molecule has 0 radical (unpaired) electrons. The van der Waals surface area contributed by atoms with Gasteiger partial charge in [-0.2, -0.15) is 0 Å². The van der Waals surface area contributed by atoms with E-state index in [4.69, 9.17) is 0 Å². The number of hydrogen-bond donors (Lipinski definition) is 1. The summed E-state index contributed by atoms with van der Waals surface area (Å²) >= 11 is 0. The molecule has 2 heterocycles. The van der Waals surface area contributed by atoms with Gasteiger partial charge in [0.1, 0.15) is 0 Å². The highest BCUT2D eigenvalue weighted by Crippen LogP contribution is 2.43. The van der Waals surface area contributed by atoms with Crippen LogP contribution in [-0.4, -0.2) is 25.0 Å². The quantitative estimate of drug-likeness (QED) is 0.838. The third kappa shape index (κ3) is 1.88. The number of aryl methyl sites for hydroxylation is 1. The van der Waals surface area contributed by atoms with E-state index in [1.54, 1.807) is 0 Å². The Labute approximate surface area is 115 Å². The van der Waals surface area contributed by atoms with E-state index < -0.39 is 0 Å². The molecule has 0 atom stereocenters. The van der Waals surface area contributed by atoms with Gasteiger partial charge in [-0.3, -0.25) is 4.79 Å². The Bertz CT molecular complexity index is 515. The van der Waals surface area contributed by atoms with E-state index in [-0.39, 0.29) is 11.3 Å². The molecular formula is C16H22N2O. The van der Waals surface area contributed by atoms with Crippen molar-refractivity contribution in [2.75, 3.05) is 18.0 Å². The second kappa shape index (κ2) is 4.34. The molecular weight excluding hydrogens is 236 g/mol. The van der Waals surface area contributed by atoms with Gasteiger partial charge >= 0.3 is 0 Å². The van der Waals surface area contributed by atoms with Crippen molar-refractivity contribution >= 4 is 11.6 Å². The lowest BCUT2D eigenvalue weighted by atomic mass is 9.86. The van der Waals surface area contributed by atoms with E-state index in [1.807, 2.05) is 13.8 Å². The first-order valence-corrected chi connectivity index (χ1v) is 7.17. The van der Waals surface area contributed by atoms with Crippen molar-refractivity contribution in [2.45, 2.75) is 45.1 Å². The highest BCUT2D eigenvalue weighted by molar-refractivity contribution is 6.08. The van der Waals surface area contributed by atoms with Crippen molar-refractivity contribution in [1.82, 2.24) is 5.32 Å². The van der Waals surface area contributed by atoms with Gasteiger partial charge in [0.15, 0.2) is 0 Å². The van der Waals surface area contributed by atoms with Gasteiger partial charge in [-0.25, -0.2) is 0 Å². The average molecular weight is 258 g/mol. The molecule has 0 aliphatic carbocycles. The maximum absolute atomic E-state index is 12.8. The molecule has 2 aliphatic heterocycles. The fourth-order valence-corrected chi connectivity index (χ4v) is 3.32. The van der Waals surface area contributed by atoms with Crippen LogP contribution in [0.2, 0.25) is 0 Å². The van der Waals surface area contributed by atoms with Gasteiger partial charge in [0.2, 0.25) is 5.91 Å². The summed E-state index contributed by atoms with van der Waals surface area (Å²) in [5.74, 6) is 0.264. The number of amides is 1. The van der Waals surface area contributed by atoms with Crippen molar-refractivity contribution in [3.8, 4) is 0 Å². The van der Waals surface area contributed by atoms with E-state index in [0.29, 0.717) is 6.04 Å². The van der Waals surface area contributed by atoms with Crippen LogP contribution >= 0.6 is 0 Å². The van der Waals surface area contributed by atoms with Gasteiger partial charge in [-0.1, -0.05) is 12.1 Å². The van der Waals surface area contributed by atoms with E-state index >= 15 is 0 Å². The minimum Gasteiger partial charge on any atom is -0.317 e. The molecule has 1 fully saturated rings. The number of nitrogens with one attached hydrogen (secondary N) is 1. The molecule has 1 N–H and O–H groups in total. The molecule has 0 unspecified atom stereocenters. The zero-order valence-corrected chi connectivity index (χ0v) is 12.0. The van der Waals surface area contributed by atoms with Crippen LogP contribution < -0.4 is 10.2 Å². The van der Waals surface area contributed by atoms with Crippen LogP contribution in [-0.2, 0) is 10.2 Å². The van der Waals surface area contributed by atoms with Crippen LogP contribution in [0.15, 0.2) is 18.2 Å². The number of nitrogens with zero attached hydrogens (tertiary/aromatic N) is 1. The SMILES string of the molecule is Cc1ccc2c(c1)N(C1CCNCC1)C(=O)C2(C)C. The number of piperidine rings is 1. The number of fused-ring (bicyclic) bond motifs is 1. The maximum atomic E-state index is 12.8. The number of hydrogen-bond acceptors (Lipinski definition) is 2. The van der Waals surface area contributed by atoms with E-state index in [9.17, 15) is 4.79 Å². The highest BCUT2D eigenvalue weighted by Gasteiger charge is 2.46. The summed E-state index contributed by atoms with van der Waals surface area (Å²) in [5, 5.41) is 3.37. The molecule has 102 valence electrons. The van der Waals surface area contributed by atoms with Gasteiger partial charge in [-0.05, 0) is 63.9 Å². The van der Waals surface area contributed by atoms with E-state index in [2.05, 4.69) is 35.3 Å². The van der Waals surface area contributed by atoms with Crippen LogP contribution in [0, 0.1) is 6.92 Å². The molecule has 2 aliphatic rings. The maximum Gasteiger partial charge on any atom is 0.237 e. The first-order valence-electron chi connectivity index (χ1n) is 7.17. The van der Waals surface area contributed by atoms with Crippen molar-refractivity contribution in [2.24, 2.45) is 0 Å². The van der Waals surface area contributed by atoms with Crippen LogP contribution in [0.3, 0.4) is 0 Å². The van der Waals surface area contributed by atoms with Crippen LogP contribution in [0.1, 0.15) is 37.8 Å². The Balaban J connectivity index is 2.06. The summed E-state index contributed by atoms with van der Waals surface area (Å²) in [6, 6.07) is 6.77. The van der Waals surface area contributed by atoms with Gasteiger partial charge in [0.25, 0.3) is 0 Å². The zero-order valence-electron chi connectivity index (χ0n) is 12.0. The smallest absolute Gasteiger partial charge is 0.237 e. The van der Waals surface area contributed by atoms with Crippen LogP contribution in [0.4, 0.5) is 5.69 Å². The molecule has 0 spiro atoms. The molecule has 1 aromatic rings. The average Bonchev–Trinajstić information content (AvgIpc) is 2.58. The van der Waals surface area contributed by atoms with E-state index in [1.165, 1.54) is 11.1 Å². The Hall–Kier alpha value is -1.35. The lowest BCUT2D eigenvalue weighted by molar-refractivity contribution is -0.122. The Kier molecular flexibility index (Phi) is 2.90. The molecule has 0 saturated carbocycles. The Morgan fingerprint density at radius 2 is 1.95 bits per heavy atom. The first-order chi connectivity index (χ1) is 9.01. The fraction of sp³-hybridized carbons (Fsp3) is 0.562. The second-order valence-electron chi connectivity index (χ2n) is 6.30. The Morgan fingerprint density at radius 1 is 1.26 bits per heavy atom. The summed E-state index contributed by atoms with van der Waals surface area (Å²) in [5.41, 5.74) is 3.17. The van der Waals surface area contributed by atoms with Crippen LogP contribution in [0.5, 0.6) is 0 Å². The summed E-state index contributed by atoms with van der Waals surface area (Å²) in [4.78, 5) is 14.9. The summed E-state index contributed by atoms with van der Waals surface area (Å²) in [6.07, 6.45) is 2.10. The highest BCUT2D eigenvalue weighted by atomic mass is 16.2. The predicted molar refractivity (Wildman–Crippen MR) is 77.6 cm³/mol. The van der Waals surface area contributed by atoms with Crippen molar-refractivity contribution < 1.29 is 4.79 Å². The van der Waals surface area contributed by atoms with Gasteiger partial charge in [0.05, 0.1) is 5.41 Å². The van der Waals surface area contributed by atoms with E-state index in [0.717, 1.165) is 31.6 Å². The summed E-state index contributed by atoms with van der Waals surface area (Å²) in [6.45, 7) is 8.21. The molecule has 0 aromatic heterocycles. The molecule has 1 amide bonds. The molecule has 3 rings (SSSR count). The molecule has 1 aromatic carbocycles. The van der Waals surface area contributed by atoms with Crippen molar-refractivity contribution in [1.29, 1.82) is 0 Å². The van der Waals surface area contributed by atoms with Crippen molar-refractivity contribution in [3.05, 3.63) is 29.3 Å². The number of rotatable bonds is 1. The number of benzene rings is 1. The standard InChI is InChI=1S/C16H22N2O/c1-11-4-5-13-14(10-11)18(15(19)16(13,2)3)12-6-8-17-9-7-12/h4-5,10,12,17H,6-9H2,1-3H3. The summed E-state index contributed by atoms with van der Waals surface area (Å²) < 4.78 is 0. The molecule has 0 bridgehead atoms. The normalized spacial score (nSPS) is 22.7. The van der Waals surface area contributed by atoms with Crippen molar-refractivity contribution in [3.63, 3.8) is 0 Å². The molecule has 3 heteroatoms. The predicted octanol–water partition coefficient (Wildman–Crippen LogP) is 2.37. The number of anilines is 1. The molecule has 3 nitrogen and oxygen atoms in total. The monoisotopic (exact) mass is 258 g/mol. The lowest BCUT2D eigenvalue weighted by Crippen LogP contribution is -2.47. The molecule has 1 saturated heterocycles. The van der Waals surface area contributed by atoms with Gasteiger partial charge in [0, 0.05) is 11.7 Å².